The van der Waals surface area contributed by atoms with Gasteiger partial charge in [0.15, 0.2) is 0 Å². The van der Waals surface area contributed by atoms with Gasteiger partial charge in [0, 0.05) is 0 Å². The number of hydrogen-bond donors (Lipinski definition) is 0. The number of nitrogens with zero attached hydrogens (tertiary/aromatic N) is 1. The van der Waals surface area contributed by atoms with Crippen LogP contribution in [-0.4, -0.2) is 13.2 Å². The van der Waals surface area contributed by atoms with Gasteiger partial charge in [-0.15, -0.1) is 0 Å². The lowest BCUT2D eigenvalue weighted by Gasteiger charge is -2.01. The van der Waals surface area contributed by atoms with E-state index in [1.165, 1.54) is 6.08 Å². The van der Waals surface area contributed by atoms with Crippen molar-refractivity contribution in [2.45, 2.75) is 0 Å². The van der Waals surface area contributed by atoms with Gasteiger partial charge in [0.2, 0.25) is 6.08 Å². The van der Waals surface area contributed by atoms with Crippen molar-refractivity contribution in [3.8, 4) is 17.6 Å². The SMILES string of the molecule is COc1ccccc1C#Cc1ccccc1N=C=O. The van der Waals surface area contributed by atoms with Crippen molar-refractivity contribution < 1.29 is 9.53 Å². The Hall–Kier alpha value is -2.82. The number of hydrogen-bond acceptors (Lipinski definition) is 3. The van der Waals surface area contributed by atoms with E-state index in [4.69, 9.17) is 4.74 Å². The molecule has 0 unspecified atom stereocenters. The summed E-state index contributed by atoms with van der Waals surface area (Å²) in [5.41, 5.74) is 1.98. The summed E-state index contributed by atoms with van der Waals surface area (Å²) in [6.45, 7) is 0. The first-order valence-corrected chi connectivity index (χ1v) is 5.67. The maximum absolute atomic E-state index is 10.3. The number of methoxy groups -OCH3 is 1. The van der Waals surface area contributed by atoms with Gasteiger partial charge < -0.3 is 4.74 Å². The summed E-state index contributed by atoms with van der Waals surface area (Å²) in [6.07, 6.45) is 1.53. The molecule has 0 aliphatic rings. The van der Waals surface area contributed by atoms with E-state index < -0.39 is 0 Å². The van der Waals surface area contributed by atoms with Gasteiger partial charge in [0.1, 0.15) is 5.75 Å². The molecule has 3 nitrogen and oxygen atoms in total. The molecule has 92 valence electrons. The molecule has 0 amide bonds. The van der Waals surface area contributed by atoms with E-state index in [0.29, 0.717) is 17.0 Å². The van der Waals surface area contributed by atoms with Crippen LogP contribution in [0.5, 0.6) is 5.75 Å². The number of rotatable bonds is 2. The first-order valence-electron chi connectivity index (χ1n) is 5.67. The second kappa shape index (κ2) is 6.20. The molecule has 0 heterocycles. The predicted molar refractivity (Wildman–Crippen MR) is 73.2 cm³/mol. The predicted octanol–water partition coefficient (Wildman–Crippen LogP) is 3.06. The zero-order valence-electron chi connectivity index (χ0n) is 10.4. The Morgan fingerprint density at radius 2 is 1.58 bits per heavy atom. The van der Waals surface area contributed by atoms with Crippen molar-refractivity contribution in [1.82, 2.24) is 0 Å². The van der Waals surface area contributed by atoms with E-state index in [0.717, 1.165) is 5.56 Å². The van der Waals surface area contributed by atoms with Crippen LogP contribution in [0.4, 0.5) is 5.69 Å². The van der Waals surface area contributed by atoms with Gasteiger partial charge in [-0.3, -0.25) is 0 Å². The van der Waals surface area contributed by atoms with Crippen molar-refractivity contribution >= 4 is 11.8 Å². The maximum atomic E-state index is 10.3. The summed E-state index contributed by atoms with van der Waals surface area (Å²) in [5.74, 6) is 6.72. The van der Waals surface area contributed by atoms with Crippen molar-refractivity contribution in [3.05, 3.63) is 59.7 Å². The summed E-state index contributed by atoms with van der Waals surface area (Å²) in [4.78, 5) is 14.0. The second-order valence-corrected chi connectivity index (χ2v) is 3.67. The highest BCUT2D eigenvalue weighted by atomic mass is 16.5. The second-order valence-electron chi connectivity index (χ2n) is 3.67. The molecule has 0 saturated heterocycles. The van der Waals surface area contributed by atoms with Crippen LogP contribution in [0.1, 0.15) is 11.1 Å². The third-order valence-corrected chi connectivity index (χ3v) is 2.51. The van der Waals surface area contributed by atoms with Gasteiger partial charge in [0.05, 0.1) is 23.9 Å². The van der Waals surface area contributed by atoms with E-state index in [-0.39, 0.29) is 0 Å². The zero-order chi connectivity index (χ0) is 13.5. The molecule has 19 heavy (non-hydrogen) atoms. The van der Waals surface area contributed by atoms with Crippen LogP contribution in [0.15, 0.2) is 53.5 Å². The molecule has 0 N–H and O–H groups in total. The van der Waals surface area contributed by atoms with Crippen molar-refractivity contribution in [3.63, 3.8) is 0 Å². The van der Waals surface area contributed by atoms with Crippen LogP contribution in [0.2, 0.25) is 0 Å². The van der Waals surface area contributed by atoms with Crippen LogP contribution in [0.25, 0.3) is 0 Å². The van der Waals surface area contributed by atoms with Crippen LogP contribution in [-0.2, 0) is 4.79 Å². The van der Waals surface area contributed by atoms with Gasteiger partial charge in [-0.2, -0.15) is 4.99 Å². The minimum atomic E-state index is 0.514. The number of para-hydroxylation sites is 2. The molecule has 0 atom stereocenters. The summed E-state index contributed by atoms with van der Waals surface area (Å²) >= 11 is 0. The Bertz CT molecular complexity index is 689. The number of ether oxygens (including phenoxy) is 1. The van der Waals surface area contributed by atoms with Gasteiger partial charge in [-0.25, -0.2) is 4.79 Å². The fraction of sp³-hybridized carbons (Fsp3) is 0.0625. The maximum Gasteiger partial charge on any atom is 0.240 e. The van der Waals surface area contributed by atoms with Gasteiger partial charge in [-0.1, -0.05) is 36.1 Å². The lowest BCUT2D eigenvalue weighted by Crippen LogP contribution is -1.86. The largest absolute Gasteiger partial charge is 0.495 e. The molecule has 0 aliphatic heterocycles. The number of benzene rings is 2. The Labute approximate surface area is 111 Å². The highest BCUT2D eigenvalue weighted by Gasteiger charge is 1.98. The Balaban J connectivity index is 2.42. The molecule has 3 heteroatoms. The Kier molecular flexibility index (Phi) is 4.12. The number of aliphatic imine (C=N–C) groups is 1. The molecular formula is C16H11NO2. The summed E-state index contributed by atoms with van der Waals surface area (Å²) < 4.78 is 5.22. The molecule has 0 aliphatic carbocycles. The van der Waals surface area contributed by atoms with Gasteiger partial charge >= 0.3 is 0 Å². The Morgan fingerprint density at radius 1 is 0.947 bits per heavy atom. The Morgan fingerprint density at radius 3 is 2.32 bits per heavy atom. The van der Waals surface area contributed by atoms with E-state index in [9.17, 15) is 4.79 Å². The van der Waals surface area contributed by atoms with Crippen molar-refractivity contribution in [2.24, 2.45) is 4.99 Å². The first kappa shape index (κ1) is 12.6. The topological polar surface area (TPSA) is 38.7 Å². The third-order valence-electron chi connectivity index (χ3n) is 2.51. The van der Waals surface area contributed by atoms with Gasteiger partial charge in [0.25, 0.3) is 0 Å². The molecule has 2 aromatic carbocycles. The van der Waals surface area contributed by atoms with Gasteiger partial charge in [-0.05, 0) is 24.3 Å². The molecule has 0 fully saturated rings. The molecule has 0 spiro atoms. The van der Waals surface area contributed by atoms with Crippen LogP contribution >= 0.6 is 0 Å². The molecule has 0 saturated carbocycles. The monoisotopic (exact) mass is 249 g/mol. The minimum absolute atomic E-state index is 0.514. The molecule has 0 aromatic heterocycles. The number of carbonyl (C=O) groups excluding carboxylic acids is 1. The molecule has 0 radical (unpaired) electrons. The quantitative estimate of drug-likeness (QED) is 0.466. The lowest BCUT2D eigenvalue weighted by atomic mass is 10.1. The highest BCUT2D eigenvalue weighted by molar-refractivity contribution is 5.61. The third kappa shape index (κ3) is 3.10. The van der Waals surface area contributed by atoms with Crippen molar-refractivity contribution in [1.29, 1.82) is 0 Å². The number of isocyanates is 1. The zero-order valence-corrected chi connectivity index (χ0v) is 10.4. The summed E-state index contributed by atoms with van der Waals surface area (Å²) in [7, 11) is 1.60. The van der Waals surface area contributed by atoms with Crippen LogP contribution in [0, 0.1) is 11.8 Å². The van der Waals surface area contributed by atoms with E-state index in [1.54, 1.807) is 25.3 Å². The molecule has 0 bridgehead atoms. The van der Waals surface area contributed by atoms with Crippen molar-refractivity contribution in [2.75, 3.05) is 7.11 Å². The minimum Gasteiger partial charge on any atom is -0.495 e. The van der Waals surface area contributed by atoms with E-state index >= 15 is 0 Å². The molecule has 2 aromatic rings. The molecular weight excluding hydrogens is 238 g/mol. The van der Waals surface area contributed by atoms with Crippen LogP contribution in [0.3, 0.4) is 0 Å². The summed E-state index contributed by atoms with van der Waals surface area (Å²) in [5, 5.41) is 0. The average Bonchev–Trinajstić information content (AvgIpc) is 2.47. The summed E-state index contributed by atoms with van der Waals surface area (Å²) in [6, 6.07) is 14.7. The van der Waals surface area contributed by atoms with E-state index in [1.807, 2.05) is 30.3 Å². The van der Waals surface area contributed by atoms with E-state index in [2.05, 4.69) is 16.8 Å². The fourth-order valence-electron chi connectivity index (χ4n) is 1.61. The molecule has 2 rings (SSSR count). The van der Waals surface area contributed by atoms with Crippen LogP contribution < -0.4 is 4.74 Å². The standard InChI is InChI=1S/C16H11NO2/c1-19-16-9-5-3-7-14(16)11-10-13-6-2-4-8-15(13)17-12-18/h2-9H,1H3. The fourth-order valence-corrected chi connectivity index (χ4v) is 1.61. The normalized spacial score (nSPS) is 8.89. The smallest absolute Gasteiger partial charge is 0.240 e. The highest BCUT2D eigenvalue weighted by Crippen LogP contribution is 2.19. The first-order chi connectivity index (χ1) is 9.35. The lowest BCUT2D eigenvalue weighted by molar-refractivity contribution is 0.413. The average molecular weight is 249 g/mol.